The molecule has 3 aromatic rings. The van der Waals surface area contributed by atoms with E-state index in [1.807, 2.05) is 44.2 Å². The van der Waals surface area contributed by atoms with Crippen molar-refractivity contribution in [1.29, 1.82) is 0 Å². The van der Waals surface area contributed by atoms with Crippen molar-refractivity contribution in [3.05, 3.63) is 98.5 Å². The van der Waals surface area contributed by atoms with Crippen LogP contribution in [0.5, 0.6) is 0 Å². The molecule has 3 aromatic carbocycles. The Kier molecular flexibility index (Phi) is 9.44. The average Bonchev–Trinajstić information content (AvgIpc) is 2.83. The third kappa shape index (κ3) is 7.28. The predicted molar refractivity (Wildman–Crippen MR) is 143 cm³/mol. The number of hydrogen-bond acceptors (Lipinski definition) is 5. The Bertz CT molecular complexity index is 1200. The summed E-state index contributed by atoms with van der Waals surface area (Å²) < 4.78 is 0.707. The van der Waals surface area contributed by atoms with Crippen LogP contribution in [-0.2, 0) is 5.75 Å². The molecule has 0 bridgehead atoms. The topological polar surface area (TPSA) is 90.8 Å². The van der Waals surface area contributed by atoms with E-state index in [0.29, 0.717) is 21.5 Å². The Morgan fingerprint density at radius 3 is 2.47 bits per heavy atom. The van der Waals surface area contributed by atoms with Gasteiger partial charge in [-0.25, -0.2) is 5.43 Å². The first-order valence-corrected chi connectivity index (χ1v) is 12.6. The fourth-order valence-corrected chi connectivity index (χ4v) is 4.15. The van der Waals surface area contributed by atoms with Crippen LogP contribution in [0, 0.1) is 13.8 Å². The molecule has 34 heavy (non-hydrogen) atoms. The van der Waals surface area contributed by atoms with Gasteiger partial charge in [0.2, 0.25) is 0 Å². The zero-order valence-corrected chi connectivity index (χ0v) is 21.4. The molecule has 3 N–H and O–H groups in total. The van der Waals surface area contributed by atoms with Crippen molar-refractivity contribution in [2.75, 3.05) is 17.7 Å². The van der Waals surface area contributed by atoms with Gasteiger partial charge in [-0.2, -0.15) is 16.9 Å². The number of nitrogens with zero attached hydrogens (tertiary/aromatic N) is 1. The minimum atomic E-state index is -0.437. The van der Waals surface area contributed by atoms with Crippen molar-refractivity contribution in [3.8, 4) is 0 Å². The number of amides is 2. The molecule has 0 aromatic heterocycles. The summed E-state index contributed by atoms with van der Waals surface area (Å²) in [6, 6.07) is 18.2. The van der Waals surface area contributed by atoms with Gasteiger partial charge in [0.25, 0.3) is 11.8 Å². The molecule has 0 heterocycles. The number of aryl methyl sites for hydroxylation is 2. The quantitative estimate of drug-likeness (QED) is 0.195. The van der Waals surface area contributed by atoms with E-state index in [0.717, 1.165) is 22.4 Å². The standard InChI is InChI=1S/C26H26BrN3O3S/c1-17-3-4-20(13-18(17)2)15-28-30-26(33)23-14-22(27)9-10-24(23)29-25(32)21-7-5-19(6-8-21)16-34-12-11-31/h3-10,13-15,31H,11-12,16H2,1-2H3,(H,29,32)(H,30,33). The molecule has 8 heteroatoms. The molecule has 0 spiro atoms. The third-order valence-electron chi connectivity index (χ3n) is 5.11. The summed E-state index contributed by atoms with van der Waals surface area (Å²) >= 11 is 5.01. The second kappa shape index (κ2) is 12.5. The molecule has 0 fully saturated rings. The van der Waals surface area contributed by atoms with Gasteiger partial charge in [0.1, 0.15) is 0 Å². The van der Waals surface area contributed by atoms with Crippen molar-refractivity contribution in [2.24, 2.45) is 5.10 Å². The van der Waals surface area contributed by atoms with E-state index >= 15 is 0 Å². The molecule has 2 amide bonds. The van der Waals surface area contributed by atoms with Crippen LogP contribution >= 0.6 is 27.7 Å². The zero-order valence-electron chi connectivity index (χ0n) is 19.0. The fraction of sp³-hybridized carbons (Fsp3) is 0.192. The second-order valence-electron chi connectivity index (χ2n) is 7.66. The molecule has 0 aliphatic carbocycles. The number of aliphatic hydroxyl groups is 1. The number of carbonyl (C=O) groups is 2. The highest BCUT2D eigenvalue weighted by Crippen LogP contribution is 2.22. The number of benzene rings is 3. The highest BCUT2D eigenvalue weighted by Gasteiger charge is 2.15. The molecule has 0 aliphatic heterocycles. The maximum atomic E-state index is 12.8. The number of hydrogen-bond donors (Lipinski definition) is 3. The van der Waals surface area contributed by atoms with Gasteiger partial charge in [0.15, 0.2) is 0 Å². The van der Waals surface area contributed by atoms with E-state index in [1.54, 1.807) is 48.3 Å². The Morgan fingerprint density at radius 2 is 1.76 bits per heavy atom. The maximum Gasteiger partial charge on any atom is 0.273 e. The number of carbonyl (C=O) groups excluding carboxylic acids is 2. The summed E-state index contributed by atoms with van der Waals surface area (Å²) in [5.74, 6) is 0.686. The molecule has 3 rings (SSSR count). The van der Waals surface area contributed by atoms with Gasteiger partial charge in [-0.15, -0.1) is 0 Å². The number of aliphatic hydroxyl groups excluding tert-OH is 1. The number of anilines is 1. The van der Waals surface area contributed by atoms with Crippen molar-refractivity contribution >= 4 is 51.4 Å². The van der Waals surface area contributed by atoms with Crippen LogP contribution in [0.2, 0.25) is 0 Å². The van der Waals surface area contributed by atoms with Crippen LogP contribution in [0.1, 0.15) is 43.0 Å². The number of nitrogens with one attached hydrogen (secondary N) is 2. The van der Waals surface area contributed by atoms with E-state index in [9.17, 15) is 9.59 Å². The highest BCUT2D eigenvalue weighted by molar-refractivity contribution is 9.10. The maximum absolute atomic E-state index is 12.8. The lowest BCUT2D eigenvalue weighted by atomic mass is 10.1. The van der Waals surface area contributed by atoms with Crippen molar-refractivity contribution < 1.29 is 14.7 Å². The molecule has 0 radical (unpaired) electrons. The summed E-state index contributed by atoms with van der Waals surface area (Å²) in [5, 5.41) is 15.8. The van der Waals surface area contributed by atoms with Gasteiger partial charge in [-0.3, -0.25) is 9.59 Å². The fourth-order valence-electron chi connectivity index (χ4n) is 3.09. The van der Waals surface area contributed by atoms with E-state index in [2.05, 4.69) is 31.8 Å². The van der Waals surface area contributed by atoms with Gasteiger partial charge in [-0.1, -0.05) is 46.3 Å². The average molecular weight is 540 g/mol. The van der Waals surface area contributed by atoms with Crippen LogP contribution in [-0.4, -0.2) is 35.5 Å². The predicted octanol–water partition coefficient (Wildman–Crippen LogP) is 5.31. The van der Waals surface area contributed by atoms with Crippen LogP contribution in [0.15, 0.2) is 70.2 Å². The summed E-state index contributed by atoms with van der Waals surface area (Å²) in [4.78, 5) is 25.6. The first kappa shape index (κ1) is 25.7. The van der Waals surface area contributed by atoms with E-state index < -0.39 is 5.91 Å². The van der Waals surface area contributed by atoms with Crippen molar-refractivity contribution in [3.63, 3.8) is 0 Å². The summed E-state index contributed by atoms with van der Waals surface area (Å²) in [5.41, 5.74) is 7.97. The lowest BCUT2D eigenvalue weighted by Gasteiger charge is -2.11. The Hall–Kier alpha value is -2.94. The molecule has 6 nitrogen and oxygen atoms in total. The number of halogens is 1. The van der Waals surface area contributed by atoms with Crippen LogP contribution in [0.3, 0.4) is 0 Å². The third-order valence-corrected chi connectivity index (χ3v) is 6.61. The Labute approximate surface area is 212 Å². The SMILES string of the molecule is Cc1ccc(C=NNC(=O)c2cc(Br)ccc2NC(=O)c2ccc(CSCCO)cc2)cc1C. The zero-order chi connectivity index (χ0) is 24.5. The molecule has 0 atom stereocenters. The van der Waals surface area contributed by atoms with Crippen LogP contribution in [0.4, 0.5) is 5.69 Å². The van der Waals surface area contributed by atoms with Crippen LogP contribution in [0.25, 0.3) is 0 Å². The minimum absolute atomic E-state index is 0.144. The monoisotopic (exact) mass is 539 g/mol. The molecular formula is C26H26BrN3O3S. The highest BCUT2D eigenvalue weighted by atomic mass is 79.9. The van der Waals surface area contributed by atoms with Gasteiger partial charge < -0.3 is 10.4 Å². The molecule has 0 saturated heterocycles. The molecule has 0 unspecified atom stereocenters. The first-order chi connectivity index (χ1) is 16.4. The van der Waals surface area contributed by atoms with Gasteiger partial charge >= 0.3 is 0 Å². The second-order valence-corrected chi connectivity index (χ2v) is 9.68. The lowest BCUT2D eigenvalue weighted by Crippen LogP contribution is -2.21. The summed E-state index contributed by atoms with van der Waals surface area (Å²) in [6.07, 6.45) is 1.58. The lowest BCUT2D eigenvalue weighted by molar-refractivity contribution is 0.0956. The largest absolute Gasteiger partial charge is 0.396 e. The number of thioether (sulfide) groups is 1. The number of rotatable bonds is 9. The van der Waals surface area contributed by atoms with E-state index in [-0.39, 0.29) is 18.1 Å². The summed E-state index contributed by atoms with van der Waals surface area (Å²) in [7, 11) is 0. The van der Waals surface area contributed by atoms with E-state index in [4.69, 9.17) is 5.11 Å². The van der Waals surface area contributed by atoms with E-state index in [1.165, 1.54) is 5.56 Å². The normalized spacial score (nSPS) is 10.9. The molecular weight excluding hydrogens is 514 g/mol. The Morgan fingerprint density at radius 1 is 1.00 bits per heavy atom. The smallest absolute Gasteiger partial charge is 0.273 e. The first-order valence-electron chi connectivity index (χ1n) is 10.7. The Balaban J connectivity index is 1.68. The molecule has 0 aliphatic rings. The van der Waals surface area contributed by atoms with Crippen molar-refractivity contribution in [2.45, 2.75) is 19.6 Å². The van der Waals surface area contributed by atoms with Gasteiger partial charge in [0, 0.05) is 21.5 Å². The molecule has 176 valence electrons. The summed E-state index contributed by atoms with van der Waals surface area (Å²) in [6.45, 7) is 4.20. The van der Waals surface area contributed by atoms with Crippen LogP contribution < -0.4 is 10.7 Å². The number of hydrazone groups is 1. The minimum Gasteiger partial charge on any atom is -0.396 e. The van der Waals surface area contributed by atoms with Crippen molar-refractivity contribution in [1.82, 2.24) is 5.43 Å². The molecule has 0 saturated carbocycles. The van der Waals surface area contributed by atoms with Gasteiger partial charge in [0.05, 0.1) is 24.1 Å². The van der Waals surface area contributed by atoms with Gasteiger partial charge in [-0.05, 0) is 66.4 Å².